The summed E-state index contributed by atoms with van der Waals surface area (Å²) >= 11 is 0. The fourth-order valence-corrected chi connectivity index (χ4v) is 2.85. The molecule has 7 nitrogen and oxygen atoms in total. The third-order valence-electron chi connectivity index (χ3n) is 2.63. The van der Waals surface area contributed by atoms with Gasteiger partial charge in [0.25, 0.3) is 0 Å². The SMILES string of the molecule is O=S(=O)(CCc1ccccn1)NC(CO)(CO)CO. The minimum atomic E-state index is -3.74. The summed E-state index contributed by atoms with van der Waals surface area (Å²) in [6, 6.07) is 5.18. The minimum Gasteiger partial charge on any atom is -0.394 e. The predicted molar refractivity (Wildman–Crippen MR) is 68.9 cm³/mol. The van der Waals surface area contributed by atoms with Gasteiger partial charge in [-0.1, -0.05) is 6.07 Å². The zero-order chi connectivity index (χ0) is 14.4. The van der Waals surface area contributed by atoms with Crippen LogP contribution in [0.2, 0.25) is 0 Å². The second-order valence-corrected chi connectivity index (χ2v) is 6.09. The zero-order valence-electron chi connectivity index (χ0n) is 10.4. The molecule has 0 aliphatic heterocycles. The Morgan fingerprint density at radius 3 is 2.26 bits per heavy atom. The summed E-state index contributed by atoms with van der Waals surface area (Å²) in [4.78, 5) is 4.00. The van der Waals surface area contributed by atoms with Crippen LogP contribution in [-0.4, -0.2) is 59.8 Å². The molecule has 0 fully saturated rings. The van der Waals surface area contributed by atoms with Gasteiger partial charge in [0.05, 0.1) is 25.6 Å². The highest BCUT2D eigenvalue weighted by molar-refractivity contribution is 7.89. The monoisotopic (exact) mass is 290 g/mol. The highest BCUT2D eigenvalue weighted by atomic mass is 32.2. The van der Waals surface area contributed by atoms with Crippen LogP contribution >= 0.6 is 0 Å². The lowest BCUT2D eigenvalue weighted by Crippen LogP contribution is -2.57. The summed E-state index contributed by atoms with van der Waals surface area (Å²) in [5, 5.41) is 27.2. The smallest absolute Gasteiger partial charge is 0.212 e. The van der Waals surface area contributed by atoms with Crippen molar-refractivity contribution in [3.05, 3.63) is 30.1 Å². The van der Waals surface area contributed by atoms with Gasteiger partial charge in [0.1, 0.15) is 5.54 Å². The fraction of sp³-hybridized carbons (Fsp3) is 0.545. The van der Waals surface area contributed by atoms with Crippen LogP contribution < -0.4 is 4.72 Å². The molecule has 0 amide bonds. The number of sulfonamides is 1. The van der Waals surface area contributed by atoms with Crippen molar-refractivity contribution in [3.63, 3.8) is 0 Å². The first-order valence-corrected chi connectivity index (χ1v) is 7.36. The predicted octanol–water partition coefficient (Wildman–Crippen LogP) is -1.74. The number of hydrogen-bond acceptors (Lipinski definition) is 6. The number of nitrogens with zero attached hydrogens (tertiary/aromatic N) is 1. The average Bonchev–Trinajstić information content (AvgIpc) is 2.44. The number of aliphatic hydroxyl groups is 3. The van der Waals surface area contributed by atoms with Gasteiger partial charge in [0, 0.05) is 18.3 Å². The molecule has 0 saturated carbocycles. The summed E-state index contributed by atoms with van der Waals surface area (Å²) in [6.07, 6.45) is 1.77. The first-order valence-electron chi connectivity index (χ1n) is 5.71. The number of pyridine rings is 1. The summed E-state index contributed by atoms with van der Waals surface area (Å²) < 4.78 is 25.8. The van der Waals surface area contributed by atoms with Crippen LogP contribution in [0.3, 0.4) is 0 Å². The Hall–Kier alpha value is -1.06. The molecule has 0 radical (unpaired) electrons. The van der Waals surface area contributed by atoms with Crippen molar-refractivity contribution < 1.29 is 23.7 Å². The normalized spacial score (nSPS) is 12.6. The van der Waals surface area contributed by atoms with Crippen LogP contribution in [0.5, 0.6) is 0 Å². The first kappa shape index (κ1) is 16.0. The van der Waals surface area contributed by atoms with E-state index < -0.39 is 35.4 Å². The van der Waals surface area contributed by atoms with Gasteiger partial charge >= 0.3 is 0 Å². The standard InChI is InChI=1S/C11H18N2O5S/c14-7-11(8-15,9-16)13-19(17,18)6-4-10-3-1-2-5-12-10/h1-3,5,13-16H,4,6-9H2. The van der Waals surface area contributed by atoms with E-state index in [9.17, 15) is 8.42 Å². The Bertz CT molecular complexity index is 465. The molecule has 4 N–H and O–H groups in total. The van der Waals surface area contributed by atoms with Crippen LogP contribution in [-0.2, 0) is 16.4 Å². The van der Waals surface area contributed by atoms with Gasteiger partial charge in [0.15, 0.2) is 0 Å². The summed E-state index contributed by atoms with van der Waals surface area (Å²) in [5.41, 5.74) is -1.02. The largest absolute Gasteiger partial charge is 0.394 e. The molecule has 1 aromatic rings. The number of rotatable bonds is 8. The van der Waals surface area contributed by atoms with Gasteiger partial charge in [-0.25, -0.2) is 13.1 Å². The van der Waals surface area contributed by atoms with Crippen molar-refractivity contribution in [3.8, 4) is 0 Å². The third-order valence-corrected chi connectivity index (χ3v) is 4.12. The van der Waals surface area contributed by atoms with Crippen LogP contribution in [0.15, 0.2) is 24.4 Å². The van der Waals surface area contributed by atoms with E-state index in [2.05, 4.69) is 9.71 Å². The Balaban J connectivity index is 2.66. The highest BCUT2D eigenvalue weighted by Gasteiger charge is 2.32. The molecule has 0 saturated heterocycles. The molecule has 0 spiro atoms. The molecule has 1 aromatic heterocycles. The highest BCUT2D eigenvalue weighted by Crippen LogP contribution is 2.06. The number of aryl methyl sites for hydroxylation is 1. The summed E-state index contributed by atoms with van der Waals surface area (Å²) in [7, 11) is -3.74. The van der Waals surface area contributed by atoms with Crippen molar-refractivity contribution in [1.82, 2.24) is 9.71 Å². The van der Waals surface area contributed by atoms with Crippen LogP contribution in [0.1, 0.15) is 5.69 Å². The van der Waals surface area contributed by atoms with Crippen molar-refractivity contribution in [2.45, 2.75) is 12.0 Å². The van der Waals surface area contributed by atoms with Gasteiger partial charge < -0.3 is 15.3 Å². The topological polar surface area (TPSA) is 120 Å². The molecule has 0 unspecified atom stereocenters. The second kappa shape index (κ2) is 6.92. The van der Waals surface area contributed by atoms with Crippen molar-refractivity contribution in [2.75, 3.05) is 25.6 Å². The number of aliphatic hydroxyl groups excluding tert-OH is 3. The molecule has 0 bridgehead atoms. The molecule has 8 heteroatoms. The lowest BCUT2D eigenvalue weighted by Gasteiger charge is -2.28. The quantitative estimate of drug-likeness (QED) is 0.451. The van der Waals surface area contributed by atoms with Gasteiger partial charge in [-0.2, -0.15) is 0 Å². The van der Waals surface area contributed by atoms with E-state index in [1.54, 1.807) is 24.4 Å². The molecule has 0 atom stereocenters. The molecular formula is C11H18N2O5S. The molecule has 0 aromatic carbocycles. The van der Waals surface area contributed by atoms with E-state index in [4.69, 9.17) is 15.3 Å². The maximum atomic E-state index is 11.8. The fourth-order valence-electron chi connectivity index (χ4n) is 1.41. The number of nitrogens with one attached hydrogen (secondary N) is 1. The van der Waals surface area contributed by atoms with E-state index in [0.29, 0.717) is 5.69 Å². The average molecular weight is 290 g/mol. The third kappa shape index (κ3) is 4.84. The van der Waals surface area contributed by atoms with Crippen LogP contribution in [0, 0.1) is 0 Å². The van der Waals surface area contributed by atoms with Crippen LogP contribution in [0.25, 0.3) is 0 Å². The molecule has 0 aliphatic rings. The summed E-state index contributed by atoms with van der Waals surface area (Å²) in [5.74, 6) is -0.244. The number of hydrogen-bond donors (Lipinski definition) is 4. The Labute approximate surface area is 112 Å². The lowest BCUT2D eigenvalue weighted by atomic mass is 10.1. The van der Waals surface area contributed by atoms with Gasteiger partial charge in [-0.05, 0) is 12.1 Å². The molecule has 108 valence electrons. The maximum Gasteiger partial charge on any atom is 0.212 e. The molecular weight excluding hydrogens is 272 g/mol. The second-order valence-electron chi connectivity index (χ2n) is 4.25. The van der Waals surface area contributed by atoms with E-state index >= 15 is 0 Å². The van der Waals surface area contributed by atoms with Gasteiger partial charge in [-0.3, -0.25) is 4.98 Å². The maximum absolute atomic E-state index is 11.8. The van der Waals surface area contributed by atoms with Gasteiger partial charge in [0.2, 0.25) is 10.0 Å². The van der Waals surface area contributed by atoms with E-state index in [0.717, 1.165) is 0 Å². The van der Waals surface area contributed by atoms with Crippen molar-refractivity contribution >= 4 is 10.0 Å². The van der Waals surface area contributed by atoms with E-state index in [1.165, 1.54) is 0 Å². The molecule has 19 heavy (non-hydrogen) atoms. The van der Waals surface area contributed by atoms with E-state index in [1.807, 2.05) is 0 Å². The van der Waals surface area contributed by atoms with Crippen molar-refractivity contribution in [1.29, 1.82) is 0 Å². The summed E-state index contributed by atoms with van der Waals surface area (Å²) in [6.45, 7) is -2.07. The Morgan fingerprint density at radius 2 is 1.79 bits per heavy atom. The number of aromatic nitrogens is 1. The first-order chi connectivity index (χ1) is 8.97. The Morgan fingerprint density at radius 1 is 1.16 bits per heavy atom. The van der Waals surface area contributed by atoms with E-state index in [-0.39, 0.29) is 12.2 Å². The molecule has 1 heterocycles. The molecule has 1 rings (SSSR count). The van der Waals surface area contributed by atoms with Crippen LogP contribution in [0.4, 0.5) is 0 Å². The minimum absolute atomic E-state index is 0.203. The Kier molecular flexibility index (Phi) is 5.83. The zero-order valence-corrected chi connectivity index (χ0v) is 11.2. The van der Waals surface area contributed by atoms with Gasteiger partial charge in [-0.15, -0.1) is 0 Å². The molecule has 0 aliphatic carbocycles. The van der Waals surface area contributed by atoms with Crippen molar-refractivity contribution in [2.24, 2.45) is 0 Å². The lowest BCUT2D eigenvalue weighted by molar-refractivity contribution is 0.0582.